The van der Waals surface area contributed by atoms with Gasteiger partial charge in [0.15, 0.2) is 0 Å². The average Bonchev–Trinajstić information content (AvgIpc) is 2.71. The van der Waals surface area contributed by atoms with Gasteiger partial charge in [-0.25, -0.2) is 4.90 Å². The first kappa shape index (κ1) is 14.9. The molecule has 0 aromatic heterocycles. The summed E-state index contributed by atoms with van der Waals surface area (Å²) in [6.07, 6.45) is 0.649. The molecule has 2 aromatic rings. The molecular formula is C18H17NO2S. The standard InChI is InChI=1S/C18H17NO2S/c1-2-17(20)19-14-10-6-7-11-15(14)22-16(12-18(19)21)13-8-4-3-5-9-13/h3-11,16H,2,12H2,1H3. The first-order chi connectivity index (χ1) is 10.7. The molecule has 1 unspecified atom stereocenters. The minimum absolute atomic E-state index is 0.0320. The number of nitrogens with zero attached hydrogens (tertiary/aromatic N) is 1. The number of hydrogen-bond donors (Lipinski definition) is 0. The number of carbonyl (C=O) groups is 2. The van der Waals surface area contributed by atoms with Crippen molar-refractivity contribution in [2.75, 3.05) is 4.90 Å². The number of imide groups is 1. The van der Waals surface area contributed by atoms with Gasteiger partial charge in [0.25, 0.3) is 0 Å². The number of hydrogen-bond acceptors (Lipinski definition) is 3. The van der Waals surface area contributed by atoms with E-state index < -0.39 is 0 Å². The second kappa shape index (κ2) is 6.36. The highest BCUT2D eigenvalue weighted by Gasteiger charge is 2.31. The largest absolute Gasteiger partial charge is 0.274 e. The van der Waals surface area contributed by atoms with Gasteiger partial charge in [0.05, 0.1) is 5.69 Å². The zero-order chi connectivity index (χ0) is 15.5. The van der Waals surface area contributed by atoms with Crippen molar-refractivity contribution in [2.45, 2.75) is 29.9 Å². The molecule has 3 rings (SSSR count). The van der Waals surface area contributed by atoms with Crippen molar-refractivity contribution in [1.29, 1.82) is 0 Å². The molecule has 0 saturated heterocycles. The van der Waals surface area contributed by atoms with Crippen molar-refractivity contribution in [1.82, 2.24) is 0 Å². The van der Waals surface area contributed by atoms with Gasteiger partial charge in [-0.05, 0) is 17.7 Å². The molecular weight excluding hydrogens is 294 g/mol. The minimum atomic E-state index is -0.147. The number of carbonyl (C=O) groups excluding carboxylic acids is 2. The molecule has 1 aliphatic heterocycles. The van der Waals surface area contributed by atoms with E-state index in [9.17, 15) is 9.59 Å². The van der Waals surface area contributed by atoms with Gasteiger partial charge in [0.1, 0.15) is 0 Å². The average molecular weight is 311 g/mol. The summed E-state index contributed by atoms with van der Waals surface area (Å²) in [6, 6.07) is 17.6. The number of benzene rings is 2. The Balaban J connectivity index is 2.04. The lowest BCUT2D eigenvalue weighted by molar-refractivity contribution is -0.126. The summed E-state index contributed by atoms with van der Waals surface area (Å²) in [7, 11) is 0. The summed E-state index contributed by atoms with van der Waals surface area (Å²) in [4.78, 5) is 27.2. The maximum atomic E-state index is 12.7. The van der Waals surface area contributed by atoms with Crippen LogP contribution in [0.3, 0.4) is 0 Å². The van der Waals surface area contributed by atoms with Crippen molar-refractivity contribution < 1.29 is 9.59 Å². The maximum Gasteiger partial charge on any atom is 0.235 e. The Kier molecular flexibility index (Phi) is 4.29. The molecule has 2 amide bonds. The van der Waals surface area contributed by atoms with Crippen molar-refractivity contribution in [3.8, 4) is 0 Å². The maximum absolute atomic E-state index is 12.7. The highest BCUT2D eigenvalue weighted by Crippen LogP contribution is 2.45. The molecule has 0 aliphatic carbocycles. The third kappa shape index (κ3) is 2.79. The predicted octanol–water partition coefficient (Wildman–Crippen LogP) is 4.19. The number of fused-ring (bicyclic) bond motifs is 1. The van der Waals surface area contributed by atoms with Crippen LogP contribution in [0.5, 0.6) is 0 Å². The van der Waals surface area contributed by atoms with Gasteiger partial charge in [0.2, 0.25) is 11.8 Å². The third-order valence-electron chi connectivity index (χ3n) is 3.71. The van der Waals surface area contributed by atoms with E-state index in [0.717, 1.165) is 10.5 Å². The van der Waals surface area contributed by atoms with E-state index in [2.05, 4.69) is 0 Å². The minimum Gasteiger partial charge on any atom is -0.274 e. The number of rotatable bonds is 2. The van der Waals surface area contributed by atoms with Gasteiger partial charge in [-0.3, -0.25) is 9.59 Å². The molecule has 0 N–H and O–H groups in total. The fourth-order valence-electron chi connectivity index (χ4n) is 2.61. The van der Waals surface area contributed by atoms with Crippen LogP contribution >= 0.6 is 11.8 Å². The van der Waals surface area contributed by atoms with Crippen LogP contribution in [0.15, 0.2) is 59.5 Å². The Labute approximate surface area is 134 Å². The molecule has 0 radical (unpaired) electrons. The van der Waals surface area contributed by atoms with E-state index in [1.807, 2.05) is 54.6 Å². The van der Waals surface area contributed by atoms with Crippen LogP contribution in [0.25, 0.3) is 0 Å². The molecule has 3 nitrogen and oxygen atoms in total. The summed E-state index contributed by atoms with van der Waals surface area (Å²) in [5.74, 6) is -0.273. The van der Waals surface area contributed by atoms with Gasteiger partial charge < -0.3 is 0 Å². The topological polar surface area (TPSA) is 37.4 Å². The molecule has 1 aliphatic rings. The third-order valence-corrected chi connectivity index (χ3v) is 5.03. The Morgan fingerprint density at radius 2 is 1.82 bits per heavy atom. The van der Waals surface area contributed by atoms with Crippen LogP contribution in [0.4, 0.5) is 5.69 Å². The molecule has 0 spiro atoms. The van der Waals surface area contributed by atoms with Gasteiger partial charge >= 0.3 is 0 Å². The second-order valence-electron chi connectivity index (χ2n) is 5.17. The summed E-state index contributed by atoms with van der Waals surface area (Å²) >= 11 is 1.65. The van der Waals surface area contributed by atoms with E-state index >= 15 is 0 Å². The Morgan fingerprint density at radius 1 is 1.14 bits per heavy atom. The number of amides is 2. The van der Waals surface area contributed by atoms with Crippen molar-refractivity contribution >= 4 is 29.3 Å². The lowest BCUT2D eigenvalue weighted by Crippen LogP contribution is -2.36. The lowest BCUT2D eigenvalue weighted by atomic mass is 10.1. The predicted molar refractivity (Wildman–Crippen MR) is 88.9 cm³/mol. The van der Waals surface area contributed by atoms with Crippen LogP contribution in [-0.4, -0.2) is 11.8 Å². The van der Waals surface area contributed by atoms with Crippen LogP contribution in [0, 0.1) is 0 Å². The Bertz CT molecular complexity index is 699. The molecule has 0 bridgehead atoms. The fraction of sp³-hybridized carbons (Fsp3) is 0.222. The van der Waals surface area contributed by atoms with Crippen LogP contribution < -0.4 is 4.90 Å². The molecule has 2 aromatic carbocycles. The number of thioether (sulfide) groups is 1. The summed E-state index contributed by atoms with van der Waals surface area (Å²) in [6.45, 7) is 1.78. The van der Waals surface area contributed by atoms with E-state index in [0.29, 0.717) is 18.5 Å². The van der Waals surface area contributed by atoms with Gasteiger partial charge in [-0.2, -0.15) is 0 Å². The zero-order valence-corrected chi connectivity index (χ0v) is 13.2. The van der Waals surface area contributed by atoms with E-state index in [-0.39, 0.29) is 17.1 Å². The first-order valence-electron chi connectivity index (χ1n) is 7.37. The molecule has 112 valence electrons. The monoisotopic (exact) mass is 311 g/mol. The molecule has 22 heavy (non-hydrogen) atoms. The SMILES string of the molecule is CCC(=O)N1C(=O)CC(c2ccccc2)Sc2ccccc21. The Morgan fingerprint density at radius 3 is 2.55 bits per heavy atom. The normalized spacial score (nSPS) is 17.8. The molecule has 4 heteroatoms. The number of para-hydroxylation sites is 1. The molecule has 1 atom stereocenters. The van der Waals surface area contributed by atoms with E-state index in [1.54, 1.807) is 18.7 Å². The van der Waals surface area contributed by atoms with Gasteiger partial charge in [-0.15, -0.1) is 11.8 Å². The van der Waals surface area contributed by atoms with E-state index in [1.165, 1.54) is 4.90 Å². The smallest absolute Gasteiger partial charge is 0.235 e. The fourth-order valence-corrected chi connectivity index (χ4v) is 3.87. The quantitative estimate of drug-likeness (QED) is 0.834. The number of anilines is 1. The first-order valence-corrected chi connectivity index (χ1v) is 8.25. The summed E-state index contributed by atoms with van der Waals surface area (Å²) in [5.41, 5.74) is 1.82. The van der Waals surface area contributed by atoms with Gasteiger partial charge in [-0.1, -0.05) is 49.4 Å². The highest BCUT2D eigenvalue weighted by atomic mass is 32.2. The van der Waals surface area contributed by atoms with Crippen molar-refractivity contribution in [3.05, 3.63) is 60.2 Å². The summed E-state index contributed by atoms with van der Waals surface area (Å²) in [5, 5.41) is 0.0320. The van der Waals surface area contributed by atoms with Crippen molar-refractivity contribution in [3.63, 3.8) is 0 Å². The zero-order valence-electron chi connectivity index (χ0n) is 12.4. The van der Waals surface area contributed by atoms with Crippen molar-refractivity contribution in [2.24, 2.45) is 0 Å². The molecule has 0 saturated carbocycles. The molecule has 0 fully saturated rings. The second-order valence-corrected chi connectivity index (χ2v) is 6.41. The van der Waals surface area contributed by atoms with E-state index in [4.69, 9.17) is 0 Å². The lowest BCUT2D eigenvalue weighted by Gasteiger charge is -2.19. The van der Waals surface area contributed by atoms with Gasteiger partial charge in [0, 0.05) is 23.0 Å². The Hall–Kier alpha value is -2.07. The van der Waals surface area contributed by atoms with Crippen LogP contribution in [-0.2, 0) is 9.59 Å². The van der Waals surface area contributed by atoms with Crippen LogP contribution in [0.1, 0.15) is 30.6 Å². The molecule has 1 heterocycles. The highest BCUT2D eigenvalue weighted by molar-refractivity contribution is 7.99. The van der Waals surface area contributed by atoms with Crippen LogP contribution in [0.2, 0.25) is 0 Å². The summed E-state index contributed by atoms with van der Waals surface area (Å²) < 4.78 is 0.